The first-order valence-electron chi connectivity index (χ1n) is 9.16. The topological polar surface area (TPSA) is 80.3 Å². The van der Waals surface area contributed by atoms with Gasteiger partial charge in [-0.2, -0.15) is 0 Å². The number of rotatable bonds is 4. The Bertz CT molecular complexity index is 502. The molecular formula is C19H28O4-2. The summed E-state index contributed by atoms with van der Waals surface area (Å²) in [5.74, 6) is -0.646. The van der Waals surface area contributed by atoms with E-state index in [1.54, 1.807) is 0 Å². The average molecular weight is 320 g/mol. The summed E-state index contributed by atoms with van der Waals surface area (Å²) in [6.07, 6.45) is 7.83. The molecule has 3 aliphatic carbocycles. The van der Waals surface area contributed by atoms with E-state index in [0.29, 0.717) is 23.2 Å². The van der Waals surface area contributed by atoms with Crippen molar-refractivity contribution >= 4 is 11.9 Å². The summed E-state index contributed by atoms with van der Waals surface area (Å²) in [5.41, 5.74) is -0.0452. The number of hydrogen-bond donors (Lipinski definition) is 0. The zero-order chi connectivity index (χ0) is 16.8. The molecule has 0 aromatic heterocycles. The molecule has 3 aliphatic rings. The van der Waals surface area contributed by atoms with Crippen LogP contribution in [-0.2, 0) is 9.59 Å². The third-order valence-corrected chi connectivity index (χ3v) is 7.78. The van der Waals surface area contributed by atoms with Crippen molar-refractivity contribution in [1.82, 2.24) is 0 Å². The van der Waals surface area contributed by atoms with Crippen LogP contribution in [0.1, 0.15) is 71.6 Å². The minimum absolute atomic E-state index is 0.0183. The summed E-state index contributed by atoms with van der Waals surface area (Å²) < 4.78 is 0. The van der Waals surface area contributed by atoms with Crippen LogP contribution >= 0.6 is 0 Å². The Labute approximate surface area is 138 Å². The lowest BCUT2D eigenvalue weighted by atomic mass is 9.47. The van der Waals surface area contributed by atoms with Crippen LogP contribution in [0.2, 0.25) is 0 Å². The van der Waals surface area contributed by atoms with E-state index in [4.69, 9.17) is 0 Å². The van der Waals surface area contributed by atoms with E-state index in [9.17, 15) is 19.8 Å². The zero-order valence-corrected chi connectivity index (χ0v) is 14.3. The number of fused-ring (bicyclic) bond motifs is 3. The molecule has 0 amide bonds. The van der Waals surface area contributed by atoms with Gasteiger partial charge < -0.3 is 19.8 Å². The fourth-order valence-corrected chi connectivity index (χ4v) is 6.65. The quantitative estimate of drug-likeness (QED) is 0.786. The molecule has 4 nitrogen and oxygen atoms in total. The monoisotopic (exact) mass is 320 g/mol. The van der Waals surface area contributed by atoms with Crippen LogP contribution in [0.3, 0.4) is 0 Å². The fourth-order valence-electron chi connectivity index (χ4n) is 6.65. The van der Waals surface area contributed by atoms with Gasteiger partial charge in [0.2, 0.25) is 0 Å². The highest BCUT2D eigenvalue weighted by atomic mass is 16.4. The van der Waals surface area contributed by atoms with Gasteiger partial charge >= 0.3 is 0 Å². The van der Waals surface area contributed by atoms with Crippen LogP contribution in [0, 0.1) is 34.5 Å². The lowest BCUT2D eigenvalue weighted by molar-refractivity contribution is -0.315. The summed E-state index contributed by atoms with van der Waals surface area (Å²) >= 11 is 0. The predicted octanol–water partition coefficient (Wildman–Crippen LogP) is 1.52. The molecule has 3 fully saturated rings. The maximum absolute atomic E-state index is 11.4. The van der Waals surface area contributed by atoms with Crippen LogP contribution < -0.4 is 10.2 Å². The minimum Gasteiger partial charge on any atom is -0.550 e. The summed E-state index contributed by atoms with van der Waals surface area (Å²) in [6, 6.07) is 0. The molecule has 0 heterocycles. The van der Waals surface area contributed by atoms with Gasteiger partial charge in [-0.15, -0.1) is 0 Å². The molecule has 0 spiro atoms. The first-order chi connectivity index (χ1) is 10.8. The van der Waals surface area contributed by atoms with Gasteiger partial charge in [0.1, 0.15) is 0 Å². The van der Waals surface area contributed by atoms with Gasteiger partial charge in [0.05, 0.1) is 0 Å². The van der Waals surface area contributed by atoms with Crippen LogP contribution in [-0.4, -0.2) is 11.9 Å². The minimum atomic E-state index is -1.06. The summed E-state index contributed by atoms with van der Waals surface area (Å²) in [5, 5.41) is 22.6. The molecule has 3 saturated carbocycles. The Hall–Kier alpha value is -1.06. The molecule has 0 radical (unpaired) electrons. The lowest BCUT2D eigenvalue weighted by Gasteiger charge is -2.58. The predicted molar refractivity (Wildman–Crippen MR) is 81.7 cm³/mol. The smallest absolute Gasteiger partial charge is 0.0419 e. The van der Waals surface area contributed by atoms with E-state index >= 15 is 0 Å². The molecule has 0 aliphatic heterocycles. The second-order valence-corrected chi connectivity index (χ2v) is 8.87. The third kappa shape index (κ3) is 2.78. The first kappa shape index (κ1) is 16.8. The number of carboxylic acid groups (broad SMARTS) is 2. The van der Waals surface area contributed by atoms with Crippen molar-refractivity contribution in [2.24, 2.45) is 34.5 Å². The average Bonchev–Trinajstić information content (AvgIpc) is 2.82. The van der Waals surface area contributed by atoms with Gasteiger partial charge in [-0.1, -0.05) is 20.3 Å². The number of hydrogen-bond acceptors (Lipinski definition) is 4. The molecule has 23 heavy (non-hydrogen) atoms. The molecule has 0 saturated heterocycles. The number of carbonyl (C=O) groups is 2. The van der Waals surface area contributed by atoms with Crippen LogP contribution in [0.5, 0.6) is 0 Å². The van der Waals surface area contributed by atoms with Gasteiger partial charge in [-0.25, -0.2) is 0 Å². The fraction of sp³-hybridized carbons (Fsp3) is 0.895. The Kier molecular flexibility index (Phi) is 4.22. The summed E-state index contributed by atoms with van der Waals surface area (Å²) in [4.78, 5) is 22.6. The largest absolute Gasteiger partial charge is 0.550 e. The molecule has 0 N–H and O–H groups in total. The highest BCUT2D eigenvalue weighted by Gasteiger charge is 2.56. The third-order valence-electron chi connectivity index (χ3n) is 7.78. The van der Waals surface area contributed by atoms with Crippen molar-refractivity contribution in [3.8, 4) is 0 Å². The van der Waals surface area contributed by atoms with Crippen molar-refractivity contribution in [3.63, 3.8) is 0 Å². The van der Waals surface area contributed by atoms with Crippen molar-refractivity contribution in [2.75, 3.05) is 0 Å². The van der Waals surface area contributed by atoms with Gasteiger partial charge in [-0.05, 0) is 85.9 Å². The number of carboxylic acids is 2. The van der Waals surface area contributed by atoms with E-state index < -0.39 is 17.4 Å². The zero-order valence-electron chi connectivity index (χ0n) is 14.3. The highest BCUT2D eigenvalue weighted by Crippen LogP contribution is 2.64. The van der Waals surface area contributed by atoms with Crippen molar-refractivity contribution in [1.29, 1.82) is 0 Å². The molecule has 0 aromatic rings. The van der Waals surface area contributed by atoms with Gasteiger partial charge in [0.25, 0.3) is 0 Å². The lowest BCUT2D eigenvalue weighted by Crippen LogP contribution is -2.53. The number of carbonyl (C=O) groups excluding carboxylic acids is 2. The number of aliphatic carboxylic acids is 2. The molecule has 4 heteroatoms. The molecule has 3 rings (SSSR count). The molecule has 0 aromatic carbocycles. The summed E-state index contributed by atoms with van der Waals surface area (Å²) in [7, 11) is 0. The maximum Gasteiger partial charge on any atom is 0.0419 e. The Morgan fingerprint density at radius 1 is 0.957 bits per heavy atom. The second-order valence-electron chi connectivity index (χ2n) is 8.87. The van der Waals surface area contributed by atoms with E-state index in [1.807, 2.05) is 6.92 Å². The van der Waals surface area contributed by atoms with Gasteiger partial charge in [0.15, 0.2) is 0 Å². The SMILES string of the molecule is C[C@]12CCC[C@H]1[C@@H]1CC[C@H](CC(=O)[O-])[C@@](C)(CC(=O)[O-])[C@@H]1CC2. The second kappa shape index (κ2) is 5.78. The Morgan fingerprint density at radius 3 is 2.35 bits per heavy atom. The van der Waals surface area contributed by atoms with Crippen LogP contribution in [0.15, 0.2) is 0 Å². The van der Waals surface area contributed by atoms with E-state index in [0.717, 1.165) is 25.7 Å². The standard InChI is InChI=1S/C19H30O4/c1-18-8-3-4-14(18)13-6-5-12(10-16(20)21)19(2,11-17(22)23)15(13)7-9-18/h12-15H,3-11H2,1-2H3,(H,20,21)(H,22,23)/p-2/t12-,13+,14+,15-,18-,19-/m1/s1. The Balaban J connectivity index is 1.90. The summed E-state index contributed by atoms with van der Waals surface area (Å²) in [6.45, 7) is 4.41. The Morgan fingerprint density at radius 2 is 1.70 bits per heavy atom. The van der Waals surface area contributed by atoms with Crippen molar-refractivity contribution < 1.29 is 19.8 Å². The van der Waals surface area contributed by atoms with Crippen molar-refractivity contribution in [3.05, 3.63) is 0 Å². The molecular weight excluding hydrogens is 292 g/mol. The molecule has 130 valence electrons. The van der Waals surface area contributed by atoms with Gasteiger partial charge in [-0.3, -0.25) is 0 Å². The maximum atomic E-state index is 11.4. The first-order valence-corrected chi connectivity index (χ1v) is 9.16. The van der Waals surface area contributed by atoms with Crippen LogP contribution in [0.4, 0.5) is 0 Å². The molecule has 6 atom stereocenters. The van der Waals surface area contributed by atoms with E-state index in [1.165, 1.54) is 19.3 Å². The highest BCUT2D eigenvalue weighted by molar-refractivity contribution is 5.67. The normalized spacial score (nSPS) is 46.0. The van der Waals surface area contributed by atoms with Crippen molar-refractivity contribution in [2.45, 2.75) is 71.6 Å². The van der Waals surface area contributed by atoms with Gasteiger partial charge in [0, 0.05) is 11.9 Å². The van der Waals surface area contributed by atoms with E-state index in [-0.39, 0.29) is 18.8 Å². The van der Waals surface area contributed by atoms with E-state index in [2.05, 4.69) is 6.92 Å². The molecule has 0 bridgehead atoms. The van der Waals surface area contributed by atoms with Crippen LogP contribution in [0.25, 0.3) is 0 Å². The molecule has 0 unspecified atom stereocenters.